The van der Waals surface area contributed by atoms with Crippen LogP contribution < -0.4 is 10.2 Å². The van der Waals surface area contributed by atoms with Gasteiger partial charge in [-0.25, -0.2) is 0 Å². The third-order valence-electron chi connectivity index (χ3n) is 3.26. The van der Waals surface area contributed by atoms with E-state index in [1.165, 1.54) is 30.0 Å². The predicted molar refractivity (Wildman–Crippen MR) is 67.9 cm³/mol. The molecule has 2 rings (SSSR count). The molecule has 0 saturated heterocycles. The van der Waals surface area contributed by atoms with Gasteiger partial charge in [0, 0.05) is 25.6 Å². The number of nitrogens with zero attached hydrogens (tertiary/aromatic N) is 1. The topological polar surface area (TPSA) is 15.3 Å². The fourth-order valence-electron chi connectivity index (χ4n) is 2.27. The summed E-state index contributed by atoms with van der Waals surface area (Å²) in [5.74, 6) is 0. The molecule has 1 aromatic heterocycles. The van der Waals surface area contributed by atoms with Gasteiger partial charge in [-0.3, -0.25) is 0 Å². The van der Waals surface area contributed by atoms with Crippen LogP contribution in [0.3, 0.4) is 0 Å². The zero-order chi connectivity index (χ0) is 10.9. The third kappa shape index (κ3) is 2.34. The number of hydrogen-bond donors (Lipinski definition) is 1. The van der Waals surface area contributed by atoms with E-state index in [2.05, 4.69) is 42.7 Å². The van der Waals surface area contributed by atoms with Gasteiger partial charge < -0.3 is 10.2 Å². The van der Waals surface area contributed by atoms with Crippen LogP contribution in [0.2, 0.25) is 0 Å². The number of thiophene rings is 1. The molecule has 15 heavy (non-hydrogen) atoms. The highest BCUT2D eigenvalue weighted by Crippen LogP contribution is 2.46. The first-order chi connectivity index (χ1) is 7.17. The monoisotopic (exact) mass is 224 g/mol. The van der Waals surface area contributed by atoms with Crippen molar-refractivity contribution in [2.45, 2.75) is 19.8 Å². The molecule has 1 aliphatic rings. The molecule has 0 bridgehead atoms. The maximum Gasteiger partial charge on any atom is 0.0935 e. The van der Waals surface area contributed by atoms with Gasteiger partial charge in [0.1, 0.15) is 0 Å². The van der Waals surface area contributed by atoms with E-state index in [0.717, 1.165) is 6.54 Å². The maximum atomic E-state index is 3.31. The molecule has 0 aliphatic heterocycles. The lowest BCUT2D eigenvalue weighted by molar-refractivity contribution is 0.483. The zero-order valence-corrected chi connectivity index (χ0v) is 10.7. The van der Waals surface area contributed by atoms with Crippen molar-refractivity contribution in [2.24, 2.45) is 5.41 Å². The molecule has 3 heteroatoms. The Balaban J connectivity index is 1.98. The fraction of sp³-hybridized carbons (Fsp3) is 0.667. The van der Waals surface area contributed by atoms with Gasteiger partial charge >= 0.3 is 0 Å². The Morgan fingerprint density at radius 3 is 2.73 bits per heavy atom. The van der Waals surface area contributed by atoms with E-state index in [1.54, 1.807) is 0 Å². The number of rotatable bonds is 5. The van der Waals surface area contributed by atoms with E-state index in [4.69, 9.17) is 0 Å². The summed E-state index contributed by atoms with van der Waals surface area (Å²) < 4.78 is 0. The zero-order valence-electron chi connectivity index (χ0n) is 9.84. The van der Waals surface area contributed by atoms with Crippen LogP contribution in [0.5, 0.6) is 0 Å². The summed E-state index contributed by atoms with van der Waals surface area (Å²) in [7, 11) is 4.27. The van der Waals surface area contributed by atoms with Crippen LogP contribution in [-0.2, 0) is 0 Å². The summed E-state index contributed by atoms with van der Waals surface area (Å²) in [6, 6.07) is 2.20. The van der Waals surface area contributed by atoms with E-state index >= 15 is 0 Å². The number of anilines is 1. The Morgan fingerprint density at radius 2 is 2.27 bits per heavy atom. The van der Waals surface area contributed by atoms with Gasteiger partial charge in [0.15, 0.2) is 0 Å². The largest absolute Gasteiger partial charge is 0.366 e. The van der Waals surface area contributed by atoms with Gasteiger partial charge in [-0.1, -0.05) is 0 Å². The molecule has 1 fully saturated rings. The molecule has 0 amide bonds. The van der Waals surface area contributed by atoms with E-state index < -0.39 is 0 Å². The summed E-state index contributed by atoms with van der Waals surface area (Å²) in [5.41, 5.74) is 1.96. The predicted octanol–water partition coefficient (Wildman–Crippen LogP) is 2.49. The van der Waals surface area contributed by atoms with Crippen molar-refractivity contribution in [1.82, 2.24) is 5.32 Å². The average Bonchev–Trinajstić information content (AvgIpc) is 2.78. The Labute approximate surface area is 96.3 Å². The highest BCUT2D eigenvalue weighted by atomic mass is 32.1. The standard InChI is InChI=1S/C12H20N2S/c1-10-4-7-15-11(10)14(3)9-12(5-6-12)8-13-2/h4,7,13H,5-6,8-9H2,1-3H3. The van der Waals surface area contributed by atoms with Gasteiger partial charge in [-0.05, 0) is 43.8 Å². The van der Waals surface area contributed by atoms with Gasteiger partial charge in [0.05, 0.1) is 5.00 Å². The normalized spacial score (nSPS) is 17.8. The van der Waals surface area contributed by atoms with Crippen molar-refractivity contribution in [3.8, 4) is 0 Å². The summed E-state index contributed by atoms with van der Waals surface area (Å²) >= 11 is 1.85. The van der Waals surface area contributed by atoms with Crippen molar-refractivity contribution >= 4 is 16.3 Å². The van der Waals surface area contributed by atoms with Crippen LogP contribution in [0, 0.1) is 12.3 Å². The van der Waals surface area contributed by atoms with Gasteiger partial charge in [-0.2, -0.15) is 0 Å². The van der Waals surface area contributed by atoms with Crippen molar-refractivity contribution < 1.29 is 0 Å². The Morgan fingerprint density at radius 1 is 1.53 bits per heavy atom. The maximum absolute atomic E-state index is 3.31. The lowest BCUT2D eigenvalue weighted by Gasteiger charge is -2.24. The summed E-state index contributed by atoms with van der Waals surface area (Å²) in [6.07, 6.45) is 2.76. The molecular weight excluding hydrogens is 204 g/mol. The molecule has 1 heterocycles. The molecular formula is C12H20N2S. The van der Waals surface area contributed by atoms with Crippen molar-refractivity contribution in [1.29, 1.82) is 0 Å². The second-order valence-electron chi connectivity index (χ2n) is 4.80. The first-order valence-corrected chi connectivity index (χ1v) is 6.45. The highest BCUT2D eigenvalue weighted by Gasteiger charge is 2.42. The quantitative estimate of drug-likeness (QED) is 0.826. The lowest BCUT2D eigenvalue weighted by Crippen LogP contribution is -2.32. The van der Waals surface area contributed by atoms with E-state index in [9.17, 15) is 0 Å². The van der Waals surface area contributed by atoms with E-state index in [-0.39, 0.29) is 0 Å². The minimum absolute atomic E-state index is 0.555. The smallest absolute Gasteiger partial charge is 0.0935 e. The molecule has 1 aliphatic carbocycles. The molecule has 0 aromatic carbocycles. The molecule has 1 aromatic rings. The van der Waals surface area contributed by atoms with Crippen molar-refractivity contribution in [3.05, 3.63) is 17.0 Å². The number of nitrogens with one attached hydrogen (secondary N) is 1. The second kappa shape index (κ2) is 4.14. The summed E-state index contributed by atoms with van der Waals surface area (Å²) in [6.45, 7) is 4.54. The van der Waals surface area contributed by atoms with Gasteiger partial charge in [0.25, 0.3) is 0 Å². The van der Waals surface area contributed by atoms with Gasteiger partial charge in [0.2, 0.25) is 0 Å². The first kappa shape index (κ1) is 11.0. The van der Waals surface area contributed by atoms with Crippen molar-refractivity contribution in [3.63, 3.8) is 0 Å². The minimum Gasteiger partial charge on any atom is -0.366 e. The van der Waals surface area contributed by atoms with Crippen molar-refractivity contribution in [2.75, 3.05) is 32.1 Å². The Bertz CT molecular complexity index is 328. The molecule has 1 saturated carbocycles. The van der Waals surface area contributed by atoms with Crippen LogP contribution in [0.15, 0.2) is 11.4 Å². The molecule has 0 atom stereocenters. The average molecular weight is 224 g/mol. The second-order valence-corrected chi connectivity index (χ2v) is 5.69. The summed E-state index contributed by atoms with van der Waals surface area (Å²) in [4.78, 5) is 2.42. The SMILES string of the molecule is CNCC1(CN(C)c2sccc2C)CC1. The van der Waals surface area contributed by atoms with E-state index in [1.807, 2.05) is 11.3 Å². The third-order valence-corrected chi connectivity index (χ3v) is 4.39. The van der Waals surface area contributed by atoms with E-state index in [0.29, 0.717) is 5.41 Å². The van der Waals surface area contributed by atoms with Crippen LogP contribution >= 0.6 is 11.3 Å². The van der Waals surface area contributed by atoms with Crippen LogP contribution in [0.25, 0.3) is 0 Å². The Kier molecular flexibility index (Phi) is 3.03. The number of hydrogen-bond acceptors (Lipinski definition) is 3. The fourth-order valence-corrected chi connectivity index (χ4v) is 3.17. The summed E-state index contributed by atoms with van der Waals surface area (Å²) in [5, 5.41) is 6.92. The molecule has 84 valence electrons. The molecule has 1 N–H and O–H groups in total. The highest BCUT2D eigenvalue weighted by molar-refractivity contribution is 7.14. The van der Waals surface area contributed by atoms with Crippen LogP contribution in [0.1, 0.15) is 18.4 Å². The first-order valence-electron chi connectivity index (χ1n) is 5.57. The molecule has 2 nitrogen and oxygen atoms in total. The number of aryl methyl sites for hydroxylation is 1. The molecule has 0 radical (unpaired) electrons. The minimum atomic E-state index is 0.555. The molecule has 0 spiro atoms. The Hall–Kier alpha value is -0.540. The van der Waals surface area contributed by atoms with Crippen LogP contribution in [0.4, 0.5) is 5.00 Å². The van der Waals surface area contributed by atoms with Crippen LogP contribution in [-0.4, -0.2) is 27.2 Å². The lowest BCUT2D eigenvalue weighted by atomic mass is 10.1. The van der Waals surface area contributed by atoms with Gasteiger partial charge in [-0.15, -0.1) is 11.3 Å². The molecule has 0 unspecified atom stereocenters.